The third kappa shape index (κ3) is 4.64. The molecule has 0 aromatic carbocycles. The summed E-state index contributed by atoms with van der Waals surface area (Å²) in [6, 6.07) is 0.147. The van der Waals surface area contributed by atoms with Crippen molar-refractivity contribution in [3.8, 4) is 0 Å². The zero-order chi connectivity index (χ0) is 13.9. The fourth-order valence-electron chi connectivity index (χ4n) is 1.77. The van der Waals surface area contributed by atoms with Gasteiger partial charge in [0.2, 0.25) is 0 Å². The predicted octanol–water partition coefficient (Wildman–Crippen LogP) is 1.95. The van der Waals surface area contributed by atoms with Crippen LogP contribution in [0.25, 0.3) is 0 Å². The van der Waals surface area contributed by atoms with E-state index in [2.05, 4.69) is 31.0 Å². The largest absolute Gasteiger partial charge is 0.480 e. The minimum absolute atomic E-state index is 0.00930. The molecule has 1 unspecified atom stereocenters. The van der Waals surface area contributed by atoms with E-state index in [1.807, 2.05) is 20.9 Å². The molecule has 0 aromatic rings. The van der Waals surface area contributed by atoms with Gasteiger partial charge in [-0.2, -0.15) is 0 Å². The monoisotopic (exact) mass is 244 g/mol. The molecule has 0 amide bonds. The van der Waals surface area contributed by atoms with Gasteiger partial charge in [-0.1, -0.05) is 6.92 Å². The van der Waals surface area contributed by atoms with Crippen LogP contribution in [0.2, 0.25) is 0 Å². The first-order chi connectivity index (χ1) is 7.55. The number of carboxylic acid groups (broad SMARTS) is 1. The van der Waals surface area contributed by atoms with E-state index in [0.29, 0.717) is 6.54 Å². The first kappa shape index (κ1) is 16.4. The lowest BCUT2D eigenvalue weighted by Gasteiger charge is -2.40. The summed E-state index contributed by atoms with van der Waals surface area (Å²) in [5.41, 5.74) is -0.898. The van der Waals surface area contributed by atoms with Crippen LogP contribution in [0.1, 0.15) is 48.0 Å². The molecule has 0 aromatic heterocycles. The van der Waals surface area contributed by atoms with Gasteiger partial charge in [0.15, 0.2) is 0 Å². The third-order valence-electron chi connectivity index (χ3n) is 3.53. The Hall–Kier alpha value is -0.610. The molecule has 0 rings (SSSR count). The number of hydrogen-bond donors (Lipinski definition) is 2. The van der Waals surface area contributed by atoms with Gasteiger partial charge in [0, 0.05) is 18.1 Å². The van der Waals surface area contributed by atoms with E-state index in [9.17, 15) is 9.90 Å². The molecule has 0 radical (unpaired) electrons. The van der Waals surface area contributed by atoms with E-state index in [4.69, 9.17) is 0 Å². The highest BCUT2D eigenvalue weighted by Gasteiger charge is 2.37. The third-order valence-corrected chi connectivity index (χ3v) is 3.53. The summed E-state index contributed by atoms with van der Waals surface area (Å²) in [5.74, 6) is -0.801. The minimum atomic E-state index is -0.907. The molecule has 2 N–H and O–H groups in total. The highest BCUT2D eigenvalue weighted by atomic mass is 16.4. The summed E-state index contributed by atoms with van der Waals surface area (Å²) in [4.78, 5) is 13.5. The maximum absolute atomic E-state index is 11.4. The number of carbonyl (C=O) groups is 1. The average molecular weight is 244 g/mol. The van der Waals surface area contributed by atoms with Crippen molar-refractivity contribution >= 4 is 5.97 Å². The van der Waals surface area contributed by atoms with Crippen molar-refractivity contribution in [2.24, 2.45) is 0 Å². The highest BCUT2D eigenvalue weighted by Crippen LogP contribution is 2.19. The molecule has 102 valence electrons. The van der Waals surface area contributed by atoms with Gasteiger partial charge < -0.3 is 5.11 Å². The van der Waals surface area contributed by atoms with Gasteiger partial charge in [-0.3, -0.25) is 15.0 Å². The van der Waals surface area contributed by atoms with Gasteiger partial charge in [0.05, 0.1) is 0 Å². The first-order valence-corrected chi connectivity index (χ1v) is 6.27. The number of aliphatic carboxylic acids is 1. The van der Waals surface area contributed by atoms with E-state index in [1.165, 1.54) is 0 Å². The van der Waals surface area contributed by atoms with Crippen molar-refractivity contribution in [3.05, 3.63) is 0 Å². The Labute approximate surface area is 105 Å². The van der Waals surface area contributed by atoms with Crippen LogP contribution in [0.15, 0.2) is 0 Å². The van der Waals surface area contributed by atoms with Crippen molar-refractivity contribution in [1.82, 2.24) is 10.2 Å². The molecular formula is C13H28N2O2. The van der Waals surface area contributed by atoms with Crippen LogP contribution in [0.4, 0.5) is 0 Å². The van der Waals surface area contributed by atoms with E-state index in [-0.39, 0.29) is 11.6 Å². The molecular weight excluding hydrogens is 216 g/mol. The predicted molar refractivity (Wildman–Crippen MR) is 71.3 cm³/mol. The molecule has 17 heavy (non-hydrogen) atoms. The topological polar surface area (TPSA) is 52.6 Å². The second-order valence-corrected chi connectivity index (χ2v) is 5.96. The van der Waals surface area contributed by atoms with Crippen LogP contribution in [0.3, 0.4) is 0 Å². The lowest BCUT2D eigenvalue weighted by atomic mass is 9.94. The molecule has 0 aliphatic rings. The fourth-order valence-corrected chi connectivity index (χ4v) is 1.77. The quantitative estimate of drug-likeness (QED) is 0.718. The number of hydrogen-bond acceptors (Lipinski definition) is 3. The molecule has 0 saturated carbocycles. The normalized spacial score (nSPS) is 16.3. The average Bonchev–Trinajstić information content (AvgIpc) is 2.15. The van der Waals surface area contributed by atoms with Crippen molar-refractivity contribution in [1.29, 1.82) is 0 Å². The Morgan fingerprint density at radius 2 is 1.82 bits per heavy atom. The highest BCUT2D eigenvalue weighted by molar-refractivity contribution is 5.78. The van der Waals surface area contributed by atoms with Crippen molar-refractivity contribution in [3.63, 3.8) is 0 Å². The molecule has 4 heteroatoms. The Balaban J connectivity index is 4.83. The molecule has 0 saturated heterocycles. The SMILES string of the molecule is CCC(C)(C)N(C)CC(C)(NC(C)C)C(=O)O. The van der Waals surface area contributed by atoms with Crippen molar-refractivity contribution in [2.75, 3.05) is 13.6 Å². The van der Waals surface area contributed by atoms with E-state index < -0.39 is 11.5 Å². The minimum Gasteiger partial charge on any atom is -0.480 e. The molecule has 0 spiro atoms. The summed E-state index contributed by atoms with van der Waals surface area (Å²) < 4.78 is 0. The van der Waals surface area contributed by atoms with Gasteiger partial charge in [0.25, 0.3) is 0 Å². The number of nitrogens with one attached hydrogen (secondary N) is 1. The number of nitrogens with zero attached hydrogens (tertiary/aromatic N) is 1. The fraction of sp³-hybridized carbons (Fsp3) is 0.923. The maximum Gasteiger partial charge on any atom is 0.324 e. The van der Waals surface area contributed by atoms with E-state index in [1.54, 1.807) is 6.92 Å². The maximum atomic E-state index is 11.4. The lowest BCUT2D eigenvalue weighted by Crippen LogP contribution is -2.61. The Kier molecular flexibility index (Phi) is 5.62. The van der Waals surface area contributed by atoms with Crippen LogP contribution in [-0.2, 0) is 4.79 Å². The van der Waals surface area contributed by atoms with Gasteiger partial charge >= 0.3 is 5.97 Å². The zero-order valence-electron chi connectivity index (χ0n) is 12.3. The van der Waals surface area contributed by atoms with Crippen molar-refractivity contribution < 1.29 is 9.90 Å². The molecule has 0 bridgehead atoms. The van der Waals surface area contributed by atoms with Crippen LogP contribution in [0.5, 0.6) is 0 Å². The molecule has 0 fully saturated rings. The van der Waals surface area contributed by atoms with Crippen LogP contribution >= 0.6 is 0 Å². The van der Waals surface area contributed by atoms with Crippen LogP contribution in [0, 0.1) is 0 Å². The van der Waals surface area contributed by atoms with Gasteiger partial charge in [-0.05, 0) is 48.1 Å². The second-order valence-electron chi connectivity index (χ2n) is 5.96. The van der Waals surface area contributed by atoms with Gasteiger partial charge in [-0.15, -0.1) is 0 Å². The summed E-state index contributed by atoms with van der Waals surface area (Å²) >= 11 is 0. The Morgan fingerprint density at radius 3 is 2.12 bits per heavy atom. The number of carboxylic acids is 1. The summed E-state index contributed by atoms with van der Waals surface area (Å²) in [7, 11) is 1.98. The second kappa shape index (κ2) is 5.83. The standard InChI is InChI=1S/C13H28N2O2/c1-8-12(4,5)15(7)9-13(6,11(16)17)14-10(2)3/h10,14H,8-9H2,1-7H3,(H,16,17). The van der Waals surface area contributed by atoms with Crippen LogP contribution in [-0.4, -0.2) is 46.7 Å². The van der Waals surface area contributed by atoms with E-state index >= 15 is 0 Å². The first-order valence-electron chi connectivity index (χ1n) is 6.27. The molecule has 4 nitrogen and oxygen atoms in total. The Bertz CT molecular complexity index is 264. The molecule has 1 atom stereocenters. The van der Waals surface area contributed by atoms with Crippen LogP contribution < -0.4 is 5.32 Å². The van der Waals surface area contributed by atoms with E-state index in [0.717, 1.165) is 6.42 Å². The smallest absolute Gasteiger partial charge is 0.324 e. The number of likely N-dealkylation sites (N-methyl/N-ethyl adjacent to an activating group) is 1. The lowest BCUT2D eigenvalue weighted by molar-refractivity contribution is -0.145. The molecule has 0 heterocycles. The van der Waals surface area contributed by atoms with Gasteiger partial charge in [-0.25, -0.2) is 0 Å². The Morgan fingerprint density at radius 1 is 1.35 bits per heavy atom. The van der Waals surface area contributed by atoms with Crippen molar-refractivity contribution in [2.45, 2.75) is 65.1 Å². The number of rotatable bonds is 7. The van der Waals surface area contributed by atoms with Gasteiger partial charge in [0.1, 0.15) is 5.54 Å². The molecule has 0 aliphatic heterocycles. The summed E-state index contributed by atoms with van der Waals surface area (Å²) in [6.07, 6.45) is 0.987. The summed E-state index contributed by atoms with van der Waals surface area (Å²) in [5, 5.41) is 12.5. The molecule has 0 aliphatic carbocycles. The summed E-state index contributed by atoms with van der Waals surface area (Å²) in [6.45, 7) is 12.5. The zero-order valence-corrected chi connectivity index (χ0v) is 12.3.